The highest BCUT2D eigenvalue weighted by Gasteiger charge is 2.35. The van der Waals surface area contributed by atoms with Gasteiger partial charge in [0.2, 0.25) is 5.91 Å². The molecule has 1 aromatic carbocycles. The van der Waals surface area contributed by atoms with Gasteiger partial charge in [0.05, 0.1) is 0 Å². The summed E-state index contributed by atoms with van der Waals surface area (Å²) < 4.78 is 29.6. The highest BCUT2D eigenvalue weighted by atomic mass is 79.9. The van der Waals surface area contributed by atoms with E-state index in [0.717, 1.165) is 0 Å². The van der Waals surface area contributed by atoms with Crippen LogP contribution in [0, 0.1) is 5.41 Å². The fourth-order valence-electron chi connectivity index (χ4n) is 1.39. The van der Waals surface area contributed by atoms with E-state index in [2.05, 4.69) is 26.0 Å². The van der Waals surface area contributed by atoms with Gasteiger partial charge < -0.3 is 15.2 Å². The quantitative estimate of drug-likeness (QED) is 0.760. The van der Waals surface area contributed by atoms with Crippen LogP contribution in [-0.4, -0.2) is 23.6 Å². The summed E-state index contributed by atoms with van der Waals surface area (Å²) >= 11 is 3.18. The first-order valence-electron chi connectivity index (χ1n) is 5.89. The lowest BCUT2D eigenvalue weighted by Crippen LogP contribution is -2.42. The molecule has 0 fully saturated rings. The van der Waals surface area contributed by atoms with Gasteiger partial charge in [0, 0.05) is 16.6 Å². The summed E-state index contributed by atoms with van der Waals surface area (Å²) in [7, 11) is 0. The lowest BCUT2D eigenvalue weighted by molar-refractivity contribution is -0.153. The molecule has 0 aliphatic heterocycles. The van der Waals surface area contributed by atoms with E-state index in [1.807, 2.05) is 0 Å². The van der Waals surface area contributed by atoms with Crippen LogP contribution >= 0.6 is 15.9 Å². The second-order valence-electron chi connectivity index (χ2n) is 4.74. The zero-order chi connectivity index (χ0) is 16.2. The molecule has 1 rings (SSSR count). The third kappa shape index (κ3) is 4.66. The van der Waals surface area contributed by atoms with Gasteiger partial charge >= 0.3 is 12.6 Å². The molecule has 0 atom stereocenters. The van der Waals surface area contributed by atoms with Crippen molar-refractivity contribution >= 4 is 27.8 Å². The minimum absolute atomic E-state index is 0.0818. The number of carbonyl (C=O) groups excluding carboxylic acids is 1. The minimum atomic E-state index is -2.99. The van der Waals surface area contributed by atoms with Crippen LogP contribution in [-0.2, 0) is 16.1 Å². The predicted octanol–water partition coefficient (Wildman–Crippen LogP) is 2.78. The summed E-state index contributed by atoms with van der Waals surface area (Å²) in [6, 6.07) is 4.36. The standard InChI is InChI=1S/C13H14BrF2NO4/c1-13(2,11(19)20)10(18)17-6-7-5-8(14)3-4-9(7)21-12(15)16/h3-5,12H,6H2,1-2H3,(H,17,18)(H,19,20). The Balaban J connectivity index is 2.86. The number of rotatable bonds is 6. The van der Waals surface area contributed by atoms with Gasteiger partial charge in [-0.25, -0.2) is 0 Å². The van der Waals surface area contributed by atoms with Gasteiger partial charge in [0.25, 0.3) is 0 Å². The lowest BCUT2D eigenvalue weighted by atomic mass is 9.92. The number of ether oxygens (including phenoxy) is 1. The van der Waals surface area contributed by atoms with Crippen molar-refractivity contribution in [2.45, 2.75) is 27.0 Å². The van der Waals surface area contributed by atoms with E-state index >= 15 is 0 Å². The van der Waals surface area contributed by atoms with E-state index in [1.54, 1.807) is 0 Å². The normalized spacial score (nSPS) is 11.3. The molecule has 1 aromatic rings. The molecule has 21 heavy (non-hydrogen) atoms. The second kappa shape index (κ2) is 6.84. The maximum Gasteiger partial charge on any atom is 0.387 e. The van der Waals surface area contributed by atoms with Crippen molar-refractivity contribution in [1.82, 2.24) is 5.32 Å². The Hall–Kier alpha value is -1.70. The van der Waals surface area contributed by atoms with Gasteiger partial charge in [-0.1, -0.05) is 15.9 Å². The molecule has 0 saturated heterocycles. The summed E-state index contributed by atoms with van der Waals surface area (Å²) in [4.78, 5) is 22.8. The minimum Gasteiger partial charge on any atom is -0.480 e. The van der Waals surface area contributed by atoms with Gasteiger partial charge in [-0.2, -0.15) is 8.78 Å². The Morgan fingerprint density at radius 2 is 2.05 bits per heavy atom. The summed E-state index contributed by atoms with van der Waals surface area (Å²) in [5.41, 5.74) is -1.31. The van der Waals surface area contributed by atoms with Crippen LogP contribution in [0.25, 0.3) is 0 Å². The molecule has 5 nitrogen and oxygen atoms in total. The van der Waals surface area contributed by atoms with Gasteiger partial charge in [0.15, 0.2) is 0 Å². The van der Waals surface area contributed by atoms with Crippen molar-refractivity contribution in [3.05, 3.63) is 28.2 Å². The van der Waals surface area contributed by atoms with Crippen LogP contribution < -0.4 is 10.1 Å². The van der Waals surface area contributed by atoms with E-state index < -0.39 is 23.9 Å². The molecule has 0 radical (unpaired) electrons. The molecule has 0 bridgehead atoms. The number of alkyl halides is 2. The average Bonchev–Trinajstić information content (AvgIpc) is 2.37. The number of carboxylic acid groups (broad SMARTS) is 1. The number of halogens is 3. The predicted molar refractivity (Wildman–Crippen MR) is 74.0 cm³/mol. The molecular formula is C13H14BrF2NO4. The molecular weight excluding hydrogens is 352 g/mol. The summed E-state index contributed by atoms with van der Waals surface area (Å²) in [5.74, 6) is -2.09. The maximum atomic E-state index is 12.3. The molecule has 116 valence electrons. The molecule has 0 unspecified atom stereocenters. The molecule has 0 heterocycles. The van der Waals surface area contributed by atoms with E-state index in [4.69, 9.17) is 5.11 Å². The molecule has 8 heteroatoms. The number of benzene rings is 1. The highest BCUT2D eigenvalue weighted by Crippen LogP contribution is 2.25. The van der Waals surface area contributed by atoms with Crippen LogP contribution in [0.5, 0.6) is 5.75 Å². The molecule has 0 aliphatic carbocycles. The van der Waals surface area contributed by atoms with Crippen molar-refractivity contribution < 1.29 is 28.2 Å². The first-order valence-corrected chi connectivity index (χ1v) is 6.69. The number of hydrogen-bond donors (Lipinski definition) is 2. The molecule has 0 aromatic heterocycles. The fraction of sp³-hybridized carbons (Fsp3) is 0.385. The van der Waals surface area contributed by atoms with E-state index in [9.17, 15) is 18.4 Å². The number of carbonyl (C=O) groups is 2. The zero-order valence-electron chi connectivity index (χ0n) is 11.3. The number of aliphatic carboxylic acids is 1. The van der Waals surface area contributed by atoms with E-state index in [0.29, 0.717) is 10.0 Å². The summed E-state index contributed by atoms with van der Waals surface area (Å²) in [5, 5.41) is 11.3. The lowest BCUT2D eigenvalue weighted by Gasteiger charge is -2.19. The number of hydrogen-bond acceptors (Lipinski definition) is 3. The Kier molecular flexibility index (Phi) is 5.65. The Morgan fingerprint density at radius 3 is 2.57 bits per heavy atom. The fourth-order valence-corrected chi connectivity index (χ4v) is 1.80. The monoisotopic (exact) mass is 365 g/mol. The van der Waals surface area contributed by atoms with Crippen molar-refractivity contribution in [2.75, 3.05) is 0 Å². The van der Waals surface area contributed by atoms with Gasteiger partial charge in [-0.3, -0.25) is 9.59 Å². The van der Waals surface area contributed by atoms with Crippen LogP contribution in [0.3, 0.4) is 0 Å². The third-order valence-electron chi connectivity index (χ3n) is 2.78. The van der Waals surface area contributed by atoms with Crippen LogP contribution in [0.15, 0.2) is 22.7 Å². The van der Waals surface area contributed by atoms with E-state index in [1.165, 1.54) is 32.0 Å². The first-order chi connectivity index (χ1) is 9.64. The number of carboxylic acids is 1. The zero-order valence-corrected chi connectivity index (χ0v) is 12.9. The van der Waals surface area contributed by atoms with Crippen LogP contribution in [0.1, 0.15) is 19.4 Å². The first kappa shape index (κ1) is 17.4. The molecule has 1 amide bonds. The Bertz CT molecular complexity index is 549. The summed E-state index contributed by atoms with van der Waals surface area (Å²) in [6.07, 6.45) is 0. The number of nitrogens with one attached hydrogen (secondary N) is 1. The average molecular weight is 366 g/mol. The second-order valence-corrected chi connectivity index (χ2v) is 5.66. The Labute approximate surface area is 128 Å². The van der Waals surface area contributed by atoms with Crippen molar-refractivity contribution in [3.63, 3.8) is 0 Å². The smallest absolute Gasteiger partial charge is 0.387 e. The third-order valence-corrected chi connectivity index (χ3v) is 3.27. The Morgan fingerprint density at radius 1 is 1.43 bits per heavy atom. The highest BCUT2D eigenvalue weighted by molar-refractivity contribution is 9.10. The van der Waals surface area contributed by atoms with Gasteiger partial charge in [0.1, 0.15) is 11.2 Å². The molecule has 0 spiro atoms. The van der Waals surface area contributed by atoms with Crippen molar-refractivity contribution in [2.24, 2.45) is 5.41 Å². The number of amides is 1. The van der Waals surface area contributed by atoms with Crippen LogP contribution in [0.4, 0.5) is 8.78 Å². The van der Waals surface area contributed by atoms with Crippen molar-refractivity contribution in [1.29, 1.82) is 0 Å². The van der Waals surface area contributed by atoms with E-state index in [-0.39, 0.29) is 12.3 Å². The molecule has 2 N–H and O–H groups in total. The van der Waals surface area contributed by atoms with Gasteiger partial charge in [-0.05, 0) is 32.0 Å². The molecule has 0 saturated carbocycles. The topological polar surface area (TPSA) is 75.6 Å². The van der Waals surface area contributed by atoms with Gasteiger partial charge in [-0.15, -0.1) is 0 Å². The largest absolute Gasteiger partial charge is 0.480 e. The van der Waals surface area contributed by atoms with Crippen molar-refractivity contribution in [3.8, 4) is 5.75 Å². The maximum absolute atomic E-state index is 12.3. The summed E-state index contributed by atoms with van der Waals surface area (Å²) in [6.45, 7) is -0.613. The van der Waals surface area contributed by atoms with Crippen LogP contribution in [0.2, 0.25) is 0 Å². The SMILES string of the molecule is CC(C)(C(=O)O)C(=O)NCc1cc(Br)ccc1OC(F)F. The molecule has 0 aliphatic rings.